The van der Waals surface area contributed by atoms with Gasteiger partial charge in [0.05, 0.1) is 25.9 Å². The van der Waals surface area contributed by atoms with E-state index in [-0.39, 0.29) is 12.4 Å². The molecular weight excluding hydrogens is 1110 g/mol. The van der Waals surface area contributed by atoms with Crippen LogP contribution in [0.15, 0.2) is 150 Å². The van der Waals surface area contributed by atoms with E-state index in [0.29, 0.717) is 58.2 Å². The lowest BCUT2D eigenvalue weighted by Crippen LogP contribution is -2.35. The fourth-order valence-electron chi connectivity index (χ4n) is 13.1. The Morgan fingerprint density at radius 3 is 1.96 bits per heavy atom. The standard InChI is InChI=1S/C73H74BrF3O6/c1-6-8-11-15-47-19-21-48(22-20-47)49-23-25-50(26-24-49)51-27-34-56(35-28-51)81-44-13-10-12-18-65(78)82-64-17-14-16-59-67-61(46-63(74)68(59)64)66-58-40-33-54(73(75,76)77)45-62(58)71(3,4)69(66)60-41-42-72(83-70(60)67,52-29-36-55(79-5)37-30-52)53-31-38-57(39-32-53)80-43-9-7-2/h14,16-17,23-42,45-48H,6-13,15,18-22,43-44H2,1-5H3/t47-,48-,72?. The molecule has 0 saturated heterocycles. The quantitative estimate of drug-likeness (QED) is 0.0309. The molecule has 0 radical (unpaired) electrons. The second kappa shape index (κ2) is 24.7. The van der Waals surface area contributed by atoms with Crippen LogP contribution in [0.4, 0.5) is 13.2 Å². The van der Waals surface area contributed by atoms with Crippen molar-refractivity contribution in [3.05, 3.63) is 189 Å². The maximum absolute atomic E-state index is 14.5. The molecule has 6 nitrogen and oxygen atoms in total. The van der Waals surface area contributed by atoms with Gasteiger partial charge in [-0.1, -0.05) is 145 Å². The van der Waals surface area contributed by atoms with Crippen molar-refractivity contribution in [2.24, 2.45) is 5.92 Å². The first-order valence-corrected chi connectivity index (χ1v) is 30.8. The van der Waals surface area contributed by atoms with Crippen LogP contribution in [0.5, 0.6) is 28.7 Å². The maximum atomic E-state index is 14.5. The van der Waals surface area contributed by atoms with Crippen LogP contribution in [0, 0.1) is 5.92 Å². The van der Waals surface area contributed by atoms with Crippen LogP contribution in [0.1, 0.15) is 162 Å². The summed E-state index contributed by atoms with van der Waals surface area (Å²) in [4.78, 5) is 13.8. The van der Waals surface area contributed by atoms with E-state index >= 15 is 0 Å². The Balaban J connectivity index is 0.829. The second-order valence-corrected chi connectivity index (χ2v) is 24.3. The Hall–Kier alpha value is -7.04. The van der Waals surface area contributed by atoms with Gasteiger partial charge in [-0.05, 0) is 196 Å². The summed E-state index contributed by atoms with van der Waals surface area (Å²) in [6.07, 6.45) is 14.7. The number of carbonyl (C=O) groups is 1. The van der Waals surface area contributed by atoms with Gasteiger partial charge in [-0.3, -0.25) is 4.79 Å². The van der Waals surface area contributed by atoms with Gasteiger partial charge >= 0.3 is 12.1 Å². The number of unbranched alkanes of at least 4 members (excludes halogenated alkanes) is 5. The fraction of sp³-hybridized carbons (Fsp3) is 0.356. The molecule has 0 amide bonds. The molecule has 1 atom stereocenters. The zero-order valence-corrected chi connectivity index (χ0v) is 49.9. The highest BCUT2D eigenvalue weighted by atomic mass is 79.9. The van der Waals surface area contributed by atoms with Gasteiger partial charge in [-0.25, -0.2) is 0 Å². The van der Waals surface area contributed by atoms with E-state index in [9.17, 15) is 18.0 Å². The van der Waals surface area contributed by atoms with Gasteiger partial charge in [0.15, 0.2) is 5.60 Å². The number of rotatable bonds is 21. The number of esters is 1. The number of methoxy groups -OCH3 is 1. The molecule has 11 rings (SSSR count). The van der Waals surface area contributed by atoms with Crippen LogP contribution in [-0.2, 0) is 22.0 Å². The molecule has 3 aliphatic rings. The van der Waals surface area contributed by atoms with Gasteiger partial charge in [-0.2, -0.15) is 13.2 Å². The molecule has 0 aromatic heterocycles. The van der Waals surface area contributed by atoms with Crippen molar-refractivity contribution in [2.45, 2.75) is 141 Å². The number of hydrogen-bond donors (Lipinski definition) is 0. The van der Waals surface area contributed by atoms with E-state index < -0.39 is 22.8 Å². The molecule has 8 aromatic carbocycles. The highest BCUT2D eigenvalue weighted by molar-refractivity contribution is 9.10. The van der Waals surface area contributed by atoms with Crippen molar-refractivity contribution in [1.82, 2.24) is 0 Å². The van der Waals surface area contributed by atoms with Gasteiger partial charge in [0.1, 0.15) is 28.7 Å². The summed E-state index contributed by atoms with van der Waals surface area (Å²) in [5, 5.41) is 2.95. The van der Waals surface area contributed by atoms with Crippen molar-refractivity contribution < 1.29 is 41.7 Å². The Morgan fingerprint density at radius 2 is 1.31 bits per heavy atom. The van der Waals surface area contributed by atoms with Crippen LogP contribution in [0.2, 0.25) is 0 Å². The summed E-state index contributed by atoms with van der Waals surface area (Å²) in [6, 6.07) is 45.0. The number of halogens is 4. The van der Waals surface area contributed by atoms with Crippen molar-refractivity contribution in [1.29, 1.82) is 0 Å². The Kier molecular flexibility index (Phi) is 17.2. The molecule has 1 fully saturated rings. The average molecular weight is 1180 g/mol. The lowest BCUT2D eigenvalue weighted by molar-refractivity contribution is -0.137. The normalized spacial score (nSPS) is 17.8. The van der Waals surface area contributed by atoms with Gasteiger partial charge in [0, 0.05) is 43.8 Å². The molecule has 0 N–H and O–H groups in total. The molecule has 8 aromatic rings. The van der Waals surface area contributed by atoms with Crippen molar-refractivity contribution in [3.63, 3.8) is 0 Å². The number of alkyl halides is 3. The Bertz CT molecular complexity index is 3630. The second-order valence-electron chi connectivity index (χ2n) is 23.5. The third-order valence-electron chi connectivity index (χ3n) is 17.7. The number of hydrogen-bond acceptors (Lipinski definition) is 6. The summed E-state index contributed by atoms with van der Waals surface area (Å²) in [5.74, 6) is 4.42. The summed E-state index contributed by atoms with van der Waals surface area (Å²) in [5.41, 5.74) is 6.52. The summed E-state index contributed by atoms with van der Waals surface area (Å²) in [7, 11) is 1.63. The summed E-state index contributed by atoms with van der Waals surface area (Å²) >= 11 is 3.92. The minimum absolute atomic E-state index is 0.213. The lowest BCUT2D eigenvalue weighted by atomic mass is 9.76. The first kappa shape index (κ1) is 57.8. The summed E-state index contributed by atoms with van der Waals surface area (Å²) in [6.45, 7) is 9.51. The van der Waals surface area contributed by atoms with Crippen molar-refractivity contribution in [2.75, 3.05) is 20.3 Å². The molecule has 0 spiro atoms. The predicted octanol–water partition coefficient (Wildman–Crippen LogP) is 20.7. The maximum Gasteiger partial charge on any atom is 0.416 e. The largest absolute Gasteiger partial charge is 0.497 e. The van der Waals surface area contributed by atoms with Crippen LogP contribution < -0.4 is 23.7 Å². The highest BCUT2D eigenvalue weighted by Crippen LogP contribution is 2.60. The topological polar surface area (TPSA) is 63.2 Å². The molecule has 1 heterocycles. The van der Waals surface area contributed by atoms with Crippen LogP contribution in [-0.4, -0.2) is 26.3 Å². The Morgan fingerprint density at radius 1 is 0.675 bits per heavy atom. The third-order valence-corrected chi connectivity index (χ3v) is 18.3. The predicted molar refractivity (Wildman–Crippen MR) is 332 cm³/mol. The number of benzene rings is 8. The van der Waals surface area contributed by atoms with E-state index in [1.165, 1.54) is 80.2 Å². The average Bonchev–Trinajstić information content (AvgIpc) is 1.91. The first-order valence-electron chi connectivity index (χ1n) is 30.0. The van der Waals surface area contributed by atoms with Gasteiger partial charge in [0.2, 0.25) is 0 Å². The van der Waals surface area contributed by atoms with Gasteiger partial charge < -0.3 is 23.7 Å². The summed E-state index contributed by atoms with van der Waals surface area (Å²) < 4.78 is 75.9. The fourth-order valence-corrected chi connectivity index (χ4v) is 13.8. The zero-order valence-electron chi connectivity index (χ0n) is 48.4. The van der Waals surface area contributed by atoms with Crippen LogP contribution in [0.3, 0.4) is 0 Å². The van der Waals surface area contributed by atoms with E-state index in [2.05, 4.69) is 72.3 Å². The Labute approximate surface area is 495 Å². The highest BCUT2D eigenvalue weighted by Gasteiger charge is 2.46. The monoisotopic (exact) mass is 1180 g/mol. The zero-order chi connectivity index (χ0) is 57.9. The van der Waals surface area contributed by atoms with Crippen molar-refractivity contribution in [3.8, 4) is 51.0 Å². The molecule has 10 heteroatoms. The molecule has 1 aliphatic heterocycles. The van der Waals surface area contributed by atoms with Crippen LogP contribution >= 0.6 is 15.9 Å². The minimum Gasteiger partial charge on any atom is -0.497 e. The van der Waals surface area contributed by atoms with E-state index in [1.807, 2.05) is 98.8 Å². The number of fused-ring (bicyclic) bond motifs is 10. The third kappa shape index (κ3) is 11.8. The smallest absolute Gasteiger partial charge is 0.416 e. The molecule has 1 saturated carbocycles. The molecule has 430 valence electrons. The lowest BCUT2D eigenvalue weighted by Gasteiger charge is -2.38. The molecule has 0 bridgehead atoms. The number of carbonyl (C=O) groups excluding carboxylic acids is 1. The molecular formula is C73H74BrF3O6. The van der Waals surface area contributed by atoms with Crippen LogP contribution in [0.25, 0.3) is 49.9 Å². The van der Waals surface area contributed by atoms with Crippen molar-refractivity contribution >= 4 is 49.5 Å². The van der Waals surface area contributed by atoms with E-state index in [1.54, 1.807) is 19.2 Å². The molecule has 83 heavy (non-hydrogen) atoms. The van der Waals surface area contributed by atoms with E-state index in [0.717, 1.165) is 92.6 Å². The minimum atomic E-state index is -4.53. The molecule has 2 aliphatic carbocycles. The van der Waals surface area contributed by atoms with Gasteiger partial charge in [0.25, 0.3) is 0 Å². The molecule has 1 unspecified atom stereocenters. The number of ether oxygens (including phenoxy) is 5. The van der Waals surface area contributed by atoms with Gasteiger partial charge in [-0.15, -0.1) is 0 Å². The first-order chi connectivity index (χ1) is 40.2. The SMILES string of the molecule is CCCCC[C@H]1CC[C@H](c2ccc(-c3ccc(OCCCCCC(=O)Oc4cccc5c4c(Br)cc4c6c(c7c(c45)OC(c4ccc(OC)cc4)(c4ccc(OCCCC)cc4)C=C7)C(C)(C)c4cc(C(F)(F)F)ccc4-6)cc3)cc2)CC1. The van der Waals surface area contributed by atoms with E-state index in [4.69, 9.17) is 23.7 Å².